The van der Waals surface area contributed by atoms with Crippen LogP contribution in [0.25, 0.3) is 0 Å². The third kappa shape index (κ3) is 4.56. The Labute approximate surface area is 123 Å². The number of carbonyl (C=O) groups is 1. The molecule has 1 aliphatic heterocycles. The first-order chi connectivity index (χ1) is 10.1. The topological polar surface area (TPSA) is 43.8 Å². The molecule has 0 saturated carbocycles. The maximum atomic E-state index is 13.6. The summed E-state index contributed by atoms with van der Waals surface area (Å²) >= 11 is 0. The van der Waals surface area contributed by atoms with Crippen molar-refractivity contribution in [2.75, 3.05) is 45.9 Å². The molecule has 1 N–H and O–H groups in total. The van der Waals surface area contributed by atoms with Gasteiger partial charge in [-0.25, -0.2) is 8.78 Å². The Bertz CT molecular complexity index is 497. The molecule has 1 saturated heterocycles. The summed E-state index contributed by atoms with van der Waals surface area (Å²) in [5.41, 5.74) is -0.188. The minimum absolute atomic E-state index is 0.0906. The lowest BCUT2D eigenvalue weighted by Crippen LogP contribution is -2.35. The summed E-state index contributed by atoms with van der Waals surface area (Å²) in [5, 5.41) is 8.94. The van der Waals surface area contributed by atoms with Crippen LogP contribution >= 0.6 is 0 Å². The van der Waals surface area contributed by atoms with Crippen LogP contribution in [0.1, 0.15) is 16.8 Å². The third-order valence-electron chi connectivity index (χ3n) is 3.69. The predicted molar refractivity (Wildman–Crippen MR) is 75.3 cm³/mol. The first kappa shape index (κ1) is 16.0. The molecule has 1 aromatic carbocycles. The molecule has 0 aliphatic carbocycles. The molecule has 116 valence electrons. The third-order valence-corrected chi connectivity index (χ3v) is 3.69. The molecule has 21 heavy (non-hydrogen) atoms. The summed E-state index contributed by atoms with van der Waals surface area (Å²) < 4.78 is 26.7. The van der Waals surface area contributed by atoms with Crippen molar-refractivity contribution in [2.24, 2.45) is 0 Å². The van der Waals surface area contributed by atoms with Gasteiger partial charge in [-0.15, -0.1) is 0 Å². The average Bonchev–Trinajstić information content (AvgIpc) is 2.67. The Hall–Kier alpha value is -1.37. The van der Waals surface area contributed by atoms with Gasteiger partial charge < -0.3 is 5.11 Å². The molecular formula is C15H20F2N2O2. The highest BCUT2D eigenvalue weighted by Gasteiger charge is 2.19. The van der Waals surface area contributed by atoms with E-state index in [1.54, 1.807) is 0 Å². The van der Waals surface area contributed by atoms with Crippen molar-refractivity contribution < 1.29 is 18.7 Å². The molecule has 0 atom stereocenters. The zero-order chi connectivity index (χ0) is 15.2. The monoisotopic (exact) mass is 298 g/mol. The van der Waals surface area contributed by atoms with Crippen molar-refractivity contribution in [1.29, 1.82) is 0 Å². The van der Waals surface area contributed by atoms with Crippen LogP contribution < -0.4 is 0 Å². The number of ketones is 1. The molecule has 1 aromatic rings. The maximum absolute atomic E-state index is 13.6. The van der Waals surface area contributed by atoms with Crippen LogP contribution in [-0.4, -0.2) is 66.6 Å². The molecule has 0 unspecified atom stereocenters. The Morgan fingerprint density at radius 1 is 1.14 bits per heavy atom. The summed E-state index contributed by atoms with van der Waals surface area (Å²) in [7, 11) is 0. The van der Waals surface area contributed by atoms with Gasteiger partial charge in [-0.05, 0) is 37.7 Å². The SMILES string of the molecule is O=C(CN1CCCN(CCO)CC1)c1cc(F)ccc1F. The quantitative estimate of drug-likeness (QED) is 0.828. The van der Waals surface area contributed by atoms with Crippen LogP contribution in [-0.2, 0) is 0 Å². The zero-order valence-electron chi connectivity index (χ0n) is 11.9. The molecule has 2 rings (SSSR count). The highest BCUT2D eigenvalue weighted by atomic mass is 19.1. The second-order valence-electron chi connectivity index (χ2n) is 5.24. The fourth-order valence-corrected chi connectivity index (χ4v) is 2.55. The molecule has 1 fully saturated rings. The Balaban J connectivity index is 1.95. The lowest BCUT2D eigenvalue weighted by atomic mass is 10.1. The minimum Gasteiger partial charge on any atom is -0.395 e. The number of aliphatic hydroxyl groups is 1. The summed E-state index contributed by atoms with van der Waals surface area (Å²) in [4.78, 5) is 16.2. The maximum Gasteiger partial charge on any atom is 0.179 e. The first-order valence-corrected chi connectivity index (χ1v) is 7.14. The van der Waals surface area contributed by atoms with Crippen LogP contribution in [0.5, 0.6) is 0 Å². The van der Waals surface area contributed by atoms with Gasteiger partial charge in [0, 0.05) is 19.6 Å². The Morgan fingerprint density at radius 3 is 2.62 bits per heavy atom. The highest BCUT2D eigenvalue weighted by Crippen LogP contribution is 2.12. The second kappa shape index (κ2) is 7.59. The van der Waals surface area contributed by atoms with Gasteiger partial charge in [-0.2, -0.15) is 0 Å². The standard InChI is InChI=1S/C15H20F2N2O2/c16-12-2-3-14(17)13(10-12)15(21)11-19-5-1-4-18(6-7-19)8-9-20/h2-3,10,20H,1,4-9,11H2. The van der Waals surface area contributed by atoms with E-state index in [1.807, 2.05) is 4.90 Å². The first-order valence-electron chi connectivity index (χ1n) is 7.14. The van der Waals surface area contributed by atoms with Crippen molar-refractivity contribution >= 4 is 5.78 Å². The predicted octanol–water partition coefficient (Wildman–Crippen LogP) is 1.15. The number of halogens is 2. The minimum atomic E-state index is -0.682. The van der Waals surface area contributed by atoms with Crippen molar-refractivity contribution in [3.8, 4) is 0 Å². The molecule has 1 aliphatic rings. The van der Waals surface area contributed by atoms with Crippen LogP contribution in [0.2, 0.25) is 0 Å². The van der Waals surface area contributed by atoms with Gasteiger partial charge in [0.05, 0.1) is 18.7 Å². The largest absolute Gasteiger partial charge is 0.395 e. The number of Topliss-reactive ketones (excluding diaryl/α,β-unsaturated/α-hetero) is 1. The summed E-state index contributed by atoms with van der Waals surface area (Å²) in [5.74, 6) is -1.69. The van der Waals surface area contributed by atoms with Crippen molar-refractivity contribution in [1.82, 2.24) is 9.80 Å². The van der Waals surface area contributed by atoms with Crippen molar-refractivity contribution in [2.45, 2.75) is 6.42 Å². The summed E-state index contributed by atoms with van der Waals surface area (Å²) in [6.45, 7) is 3.90. The van der Waals surface area contributed by atoms with E-state index in [0.29, 0.717) is 13.1 Å². The summed E-state index contributed by atoms with van der Waals surface area (Å²) in [6.07, 6.45) is 0.888. The van der Waals surface area contributed by atoms with E-state index in [4.69, 9.17) is 5.11 Å². The molecular weight excluding hydrogens is 278 g/mol. The molecule has 4 nitrogen and oxygen atoms in total. The number of nitrogens with zero attached hydrogens (tertiary/aromatic N) is 2. The summed E-state index contributed by atoms with van der Waals surface area (Å²) in [6, 6.07) is 2.94. The lowest BCUT2D eigenvalue weighted by Gasteiger charge is -2.20. The number of hydrogen-bond acceptors (Lipinski definition) is 4. The van der Waals surface area contributed by atoms with Crippen molar-refractivity contribution in [3.63, 3.8) is 0 Å². The number of carbonyl (C=O) groups excluding carboxylic acids is 1. The van der Waals surface area contributed by atoms with Crippen molar-refractivity contribution in [3.05, 3.63) is 35.4 Å². The van der Waals surface area contributed by atoms with Gasteiger partial charge in [-0.3, -0.25) is 14.6 Å². The molecule has 0 amide bonds. The molecule has 0 radical (unpaired) electrons. The van der Waals surface area contributed by atoms with E-state index >= 15 is 0 Å². The molecule has 0 spiro atoms. The zero-order valence-corrected chi connectivity index (χ0v) is 11.9. The van der Waals surface area contributed by atoms with Crippen LogP contribution in [0.4, 0.5) is 8.78 Å². The number of aliphatic hydroxyl groups excluding tert-OH is 1. The fourth-order valence-electron chi connectivity index (χ4n) is 2.55. The van der Waals surface area contributed by atoms with Gasteiger partial charge in [0.2, 0.25) is 0 Å². The second-order valence-corrected chi connectivity index (χ2v) is 5.24. The van der Waals surface area contributed by atoms with E-state index in [-0.39, 0.29) is 18.7 Å². The molecule has 1 heterocycles. The normalized spacial score (nSPS) is 17.7. The molecule has 0 aromatic heterocycles. The van der Waals surface area contributed by atoms with Crippen LogP contribution in [0.3, 0.4) is 0 Å². The van der Waals surface area contributed by atoms with Gasteiger partial charge in [0.25, 0.3) is 0 Å². The number of β-amino-alcohol motifs (C(OH)–C–C–N with tert-alkyl or cyclic N) is 1. The van der Waals surface area contributed by atoms with E-state index in [9.17, 15) is 13.6 Å². The van der Waals surface area contributed by atoms with E-state index in [2.05, 4.69) is 4.90 Å². The number of rotatable bonds is 5. The van der Waals surface area contributed by atoms with E-state index in [1.165, 1.54) is 0 Å². The smallest absolute Gasteiger partial charge is 0.179 e. The van der Waals surface area contributed by atoms with Crippen LogP contribution in [0, 0.1) is 11.6 Å². The average molecular weight is 298 g/mol. The highest BCUT2D eigenvalue weighted by molar-refractivity contribution is 5.97. The Kier molecular flexibility index (Phi) is 5.78. The van der Waals surface area contributed by atoms with Gasteiger partial charge in [0.15, 0.2) is 5.78 Å². The fraction of sp³-hybridized carbons (Fsp3) is 0.533. The lowest BCUT2D eigenvalue weighted by molar-refractivity contribution is 0.0927. The van der Waals surface area contributed by atoms with Gasteiger partial charge in [0.1, 0.15) is 11.6 Å². The molecule has 0 bridgehead atoms. The van der Waals surface area contributed by atoms with Crippen LogP contribution in [0.15, 0.2) is 18.2 Å². The molecule has 6 heteroatoms. The van der Waals surface area contributed by atoms with E-state index in [0.717, 1.165) is 44.3 Å². The van der Waals surface area contributed by atoms with Gasteiger partial charge >= 0.3 is 0 Å². The van der Waals surface area contributed by atoms with E-state index < -0.39 is 17.4 Å². The number of hydrogen-bond donors (Lipinski definition) is 1. The Morgan fingerprint density at radius 2 is 1.86 bits per heavy atom. The van der Waals surface area contributed by atoms with Gasteiger partial charge in [-0.1, -0.05) is 0 Å². The number of benzene rings is 1.